The smallest absolute Gasteiger partial charge is 0.339 e. The molecule has 2 rings (SSSR count). The molecular formula is C21H25N3O5. The molecule has 0 saturated heterocycles. The van der Waals surface area contributed by atoms with Gasteiger partial charge in [-0.15, -0.1) is 0 Å². The van der Waals surface area contributed by atoms with Gasteiger partial charge in [0.05, 0.1) is 17.1 Å². The van der Waals surface area contributed by atoms with Gasteiger partial charge in [0.1, 0.15) is 5.56 Å². The van der Waals surface area contributed by atoms with Crippen LogP contribution in [0.2, 0.25) is 0 Å². The van der Waals surface area contributed by atoms with Gasteiger partial charge in [0.25, 0.3) is 11.6 Å². The lowest BCUT2D eigenvalue weighted by Gasteiger charge is -2.13. The van der Waals surface area contributed by atoms with Crippen LogP contribution in [0.25, 0.3) is 0 Å². The molecule has 2 aromatic rings. The first-order chi connectivity index (χ1) is 13.8. The van der Waals surface area contributed by atoms with Gasteiger partial charge in [0, 0.05) is 32.4 Å². The molecule has 8 heteroatoms. The maximum atomic E-state index is 12.7. The van der Waals surface area contributed by atoms with Gasteiger partial charge >= 0.3 is 5.97 Å². The number of benzene rings is 2. The zero-order valence-corrected chi connectivity index (χ0v) is 16.8. The van der Waals surface area contributed by atoms with Gasteiger partial charge in [0.2, 0.25) is 0 Å². The first kappa shape index (κ1) is 21.9. The highest BCUT2D eigenvalue weighted by Crippen LogP contribution is 2.23. The van der Waals surface area contributed by atoms with Crippen molar-refractivity contribution in [3.63, 3.8) is 0 Å². The van der Waals surface area contributed by atoms with Gasteiger partial charge < -0.3 is 15.0 Å². The van der Waals surface area contributed by atoms with Crippen LogP contribution in [0, 0.1) is 10.1 Å². The first-order valence-corrected chi connectivity index (χ1v) is 9.34. The van der Waals surface area contributed by atoms with E-state index in [1.54, 1.807) is 0 Å². The van der Waals surface area contributed by atoms with Crippen molar-refractivity contribution in [2.45, 2.75) is 26.3 Å². The van der Waals surface area contributed by atoms with E-state index in [-0.39, 0.29) is 24.3 Å². The number of amides is 1. The number of rotatable bonds is 9. The van der Waals surface area contributed by atoms with Crippen molar-refractivity contribution < 1.29 is 19.2 Å². The molecule has 0 aliphatic heterocycles. The molecule has 0 spiro atoms. The fraction of sp³-hybridized carbons (Fsp3) is 0.333. The lowest BCUT2D eigenvalue weighted by atomic mass is 10.0. The Hall–Kier alpha value is -3.42. The second kappa shape index (κ2) is 10.2. The van der Waals surface area contributed by atoms with Crippen molar-refractivity contribution in [1.29, 1.82) is 0 Å². The molecule has 0 radical (unpaired) electrons. The number of ether oxygens (including phenoxy) is 1. The fourth-order valence-corrected chi connectivity index (χ4v) is 2.67. The Morgan fingerprint density at radius 1 is 1.14 bits per heavy atom. The number of hydrogen-bond acceptors (Lipinski definition) is 6. The second-order valence-electron chi connectivity index (χ2n) is 6.69. The molecule has 154 valence electrons. The molecule has 29 heavy (non-hydrogen) atoms. The third-order valence-corrected chi connectivity index (χ3v) is 4.32. The summed E-state index contributed by atoms with van der Waals surface area (Å²) in [6.45, 7) is 2.31. The van der Waals surface area contributed by atoms with Gasteiger partial charge in [-0.3, -0.25) is 14.9 Å². The highest BCUT2D eigenvalue weighted by Gasteiger charge is 2.27. The topological polar surface area (TPSA) is 102 Å². The van der Waals surface area contributed by atoms with Crippen LogP contribution in [-0.2, 0) is 11.3 Å². The van der Waals surface area contributed by atoms with Gasteiger partial charge in [-0.1, -0.05) is 31.5 Å². The van der Waals surface area contributed by atoms with E-state index in [0.29, 0.717) is 6.42 Å². The Labute approximate surface area is 169 Å². The molecule has 0 unspecified atom stereocenters. The van der Waals surface area contributed by atoms with E-state index in [1.807, 2.05) is 50.2 Å². The lowest BCUT2D eigenvalue weighted by Crippen LogP contribution is -2.26. The fourth-order valence-electron chi connectivity index (χ4n) is 2.67. The Morgan fingerprint density at radius 3 is 2.41 bits per heavy atom. The van der Waals surface area contributed by atoms with E-state index >= 15 is 0 Å². The molecule has 1 amide bonds. The largest absolute Gasteiger partial charge is 0.462 e. The Bertz CT molecular complexity index is 878. The SMILES string of the molecule is CCCCOC(=O)c1cccc([N+](=O)[O-])c1C(=O)NCc1ccc(N(C)C)cc1. The Morgan fingerprint density at radius 2 is 1.83 bits per heavy atom. The number of carbonyl (C=O) groups excluding carboxylic acids is 2. The van der Waals surface area contributed by atoms with E-state index in [9.17, 15) is 19.7 Å². The minimum atomic E-state index is -0.748. The summed E-state index contributed by atoms with van der Waals surface area (Å²) >= 11 is 0. The minimum absolute atomic E-state index is 0.115. The monoisotopic (exact) mass is 399 g/mol. The average molecular weight is 399 g/mol. The summed E-state index contributed by atoms with van der Waals surface area (Å²) in [6, 6.07) is 11.5. The van der Waals surface area contributed by atoms with E-state index < -0.39 is 22.5 Å². The van der Waals surface area contributed by atoms with Gasteiger partial charge in [-0.2, -0.15) is 0 Å². The molecule has 0 aliphatic rings. The van der Waals surface area contributed by atoms with Crippen molar-refractivity contribution >= 4 is 23.3 Å². The summed E-state index contributed by atoms with van der Waals surface area (Å²) < 4.78 is 5.15. The van der Waals surface area contributed by atoms with Crippen LogP contribution in [0.15, 0.2) is 42.5 Å². The lowest BCUT2D eigenvalue weighted by molar-refractivity contribution is -0.385. The average Bonchev–Trinajstić information content (AvgIpc) is 2.71. The zero-order chi connectivity index (χ0) is 21.4. The highest BCUT2D eigenvalue weighted by atomic mass is 16.6. The van der Waals surface area contributed by atoms with E-state index in [1.165, 1.54) is 18.2 Å². The number of nitrogens with one attached hydrogen (secondary N) is 1. The number of nitro benzene ring substituents is 1. The van der Waals surface area contributed by atoms with Gasteiger partial charge in [-0.05, 0) is 30.2 Å². The maximum absolute atomic E-state index is 12.7. The predicted octanol–water partition coefficient (Wildman–Crippen LogP) is 3.55. The molecule has 2 aromatic carbocycles. The van der Waals surface area contributed by atoms with Gasteiger partial charge in [-0.25, -0.2) is 4.79 Å². The summed E-state index contributed by atoms with van der Waals surface area (Å²) in [6.07, 6.45) is 1.51. The second-order valence-corrected chi connectivity index (χ2v) is 6.69. The number of hydrogen-bond donors (Lipinski definition) is 1. The van der Waals surface area contributed by atoms with Crippen LogP contribution >= 0.6 is 0 Å². The van der Waals surface area contributed by atoms with Crippen molar-refractivity contribution in [2.24, 2.45) is 0 Å². The van der Waals surface area contributed by atoms with Crippen LogP contribution in [0.4, 0.5) is 11.4 Å². The number of unbranched alkanes of at least 4 members (excludes halogenated alkanes) is 1. The van der Waals surface area contributed by atoms with Crippen LogP contribution in [-0.4, -0.2) is 37.5 Å². The zero-order valence-electron chi connectivity index (χ0n) is 16.8. The summed E-state index contributed by atoms with van der Waals surface area (Å²) in [7, 11) is 3.85. The number of nitro groups is 1. The summed E-state index contributed by atoms with van der Waals surface area (Å²) in [5, 5.41) is 14.1. The van der Waals surface area contributed by atoms with E-state index in [2.05, 4.69) is 5.32 Å². The minimum Gasteiger partial charge on any atom is -0.462 e. The Kier molecular flexibility index (Phi) is 7.70. The van der Waals surface area contributed by atoms with E-state index in [0.717, 1.165) is 17.7 Å². The molecule has 8 nitrogen and oxygen atoms in total. The number of esters is 1. The third kappa shape index (κ3) is 5.78. The molecule has 0 aromatic heterocycles. The molecule has 0 fully saturated rings. The normalized spacial score (nSPS) is 10.3. The van der Waals surface area contributed by atoms with E-state index in [4.69, 9.17) is 4.74 Å². The van der Waals surface area contributed by atoms with Crippen LogP contribution < -0.4 is 10.2 Å². The molecule has 0 saturated carbocycles. The van der Waals surface area contributed by atoms with Crippen LogP contribution in [0.1, 0.15) is 46.0 Å². The quantitative estimate of drug-likeness (QED) is 0.299. The maximum Gasteiger partial charge on any atom is 0.339 e. The van der Waals surface area contributed by atoms with Crippen molar-refractivity contribution in [3.05, 3.63) is 69.3 Å². The summed E-state index contributed by atoms with van der Waals surface area (Å²) in [5.41, 5.74) is 1.00. The molecule has 1 N–H and O–H groups in total. The predicted molar refractivity (Wildman–Crippen MR) is 110 cm³/mol. The highest BCUT2D eigenvalue weighted by molar-refractivity contribution is 6.08. The van der Waals surface area contributed by atoms with Crippen molar-refractivity contribution in [3.8, 4) is 0 Å². The molecule has 0 bridgehead atoms. The van der Waals surface area contributed by atoms with Crippen LogP contribution in [0.3, 0.4) is 0 Å². The first-order valence-electron chi connectivity index (χ1n) is 9.34. The van der Waals surface area contributed by atoms with Crippen LogP contribution in [0.5, 0.6) is 0 Å². The number of carbonyl (C=O) groups is 2. The molecule has 0 heterocycles. The molecular weight excluding hydrogens is 374 g/mol. The molecule has 0 atom stereocenters. The van der Waals surface area contributed by atoms with Crippen molar-refractivity contribution in [1.82, 2.24) is 5.32 Å². The number of anilines is 1. The standard InChI is InChI=1S/C21H25N3O5/c1-4-5-13-29-21(26)17-7-6-8-18(24(27)28)19(17)20(25)22-14-15-9-11-16(12-10-15)23(2)3/h6-12H,4-5,13-14H2,1-3H3,(H,22,25). The Balaban J connectivity index is 2.22. The molecule has 0 aliphatic carbocycles. The van der Waals surface area contributed by atoms with Gasteiger partial charge in [0.15, 0.2) is 0 Å². The number of nitrogens with zero attached hydrogens (tertiary/aromatic N) is 2. The van der Waals surface area contributed by atoms with Crippen molar-refractivity contribution in [2.75, 3.05) is 25.6 Å². The third-order valence-electron chi connectivity index (χ3n) is 4.32. The summed E-state index contributed by atoms with van der Waals surface area (Å²) in [5.74, 6) is -1.45. The summed E-state index contributed by atoms with van der Waals surface area (Å²) in [4.78, 5) is 37.8.